The number of ether oxygens (including phenoxy) is 1. The lowest BCUT2D eigenvalue weighted by Crippen LogP contribution is -2.14. The molecule has 0 saturated heterocycles. The molecule has 1 aliphatic carbocycles. The Labute approximate surface area is 186 Å². The fraction of sp³-hybridized carbons (Fsp3) is 0.500. The third-order valence-electron chi connectivity index (χ3n) is 6.32. The van der Waals surface area contributed by atoms with Gasteiger partial charge in [0, 0.05) is 0 Å². The van der Waals surface area contributed by atoms with E-state index < -0.39 is 11.6 Å². The van der Waals surface area contributed by atoms with Gasteiger partial charge in [-0.2, -0.15) is 4.39 Å². The van der Waals surface area contributed by atoms with E-state index in [1.165, 1.54) is 17.5 Å². The van der Waals surface area contributed by atoms with Gasteiger partial charge in [0.15, 0.2) is 11.6 Å². The second-order valence-electron chi connectivity index (χ2n) is 8.77. The number of benzene rings is 2. The molecule has 1 aliphatic rings. The van der Waals surface area contributed by atoms with Gasteiger partial charge in [0.25, 0.3) is 0 Å². The molecule has 0 heterocycles. The molecular weight excluding hydrogens is 390 g/mol. The molecule has 0 atom stereocenters. The number of hydrogen-bond acceptors (Lipinski definition) is 1. The van der Waals surface area contributed by atoms with Gasteiger partial charge in [0.2, 0.25) is 5.82 Å². The summed E-state index contributed by atoms with van der Waals surface area (Å²) in [6, 6.07) is 12.3. The second-order valence-corrected chi connectivity index (χ2v) is 8.77. The van der Waals surface area contributed by atoms with Gasteiger partial charge in [0.1, 0.15) is 0 Å². The monoisotopic (exact) mass is 426 g/mol. The van der Waals surface area contributed by atoms with Crippen LogP contribution >= 0.6 is 0 Å². The van der Waals surface area contributed by atoms with E-state index >= 15 is 0 Å². The number of halogens is 2. The highest BCUT2D eigenvalue weighted by atomic mass is 19.2. The molecule has 0 unspecified atom stereocenters. The Morgan fingerprint density at radius 3 is 2.16 bits per heavy atom. The minimum Gasteiger partial charge on any atom is -0.490 e. The second kappa shape index (κ2) is 12.0. The highest BCUT2D eigenvalue weighted by Gasteiger charge is 2.25. The zero-order valence-electron chi connectivity index (χ0n) is 19.0. The molecule has 0 amide bonds. The average Bonchev–Trinajstić information content (AvgIpc) is 2.79. The van der Waals surface area contributed by atoms with Crippen molar-refractivity contribution in [3.8, 4) is 5.75 Å². The van der Waals surface area contributed by atoms with Crippen LogP contribution in [0, 0.1) is 17.6 Å². The Bertz CT molecular complexity index is 833. The maximum Gasteiger partial charge on any atom is 0.200 e. The smallest absolute Gasteiger partial charge is 0.200 e. The fourth-order valence-electron chi connectivity index (χ4n) is 4.51. The lowest BCUT2D eigenvalue weighted by molar-refractivity contribution is 0.292. The van der Waals surface area contributed by atoms with Gasteiger partial charge >= 0.3 is 0 Å². The van der Waals surface area contributed by atoms with E-state index in [0.717, 1.165) is 51.4 Å². The Kier molecular flexibility index (Phi) is 9.12. The van der Waals surface area contributed by atoms with Crippen LogP contribution in [0.3, 0.4) is 0 Å². The van der Waals surface area contributed by atoms with Crippen LogP contribution in [0.15, 0.2) is 48.6 Å². The van der Waals surface area contributed by atoms with E-state index in [1.807, 2.05) is 6.92 Å². The largest absolute Gasteiger partial charge is 0.490 e. The van der Waals surface area contributed by atoms with Crippen molar-refractivity contribution in [2.45, 2.75) is 77.6 Å². The predicted octanol–water partition coefficient (Wildman–Crippen LogP) is 8.17. The summed E-state index contributed by atoms with van der Waals surface area (Å²) in [6.45, 7) is 4.55. The molecule has 0 spiro atoms. The van der Waals surface area contributed by atoms with Crippen LogP contribution in [0.2, 0.25) is 0 Å². The molecule has 168 valence electrons. The van der Waals surface area contributed by atoms with Crippen molar-refractivity contribution in [2.75, 3.05) is 6.61 Å². The number of aryl methyl sites for hydroxylation is 2. The van der Waals surface area contributed by atoms with Crippen LogP contribution < -0.4 is 4.74 Å². The lowest BCUT2D eigenvalue weighted by atomic mass is 9.78. The molecule has 1 fully saturated rings. The minimum absolute atomic E-state index is 0.0275. The molecule has 1 nitrogen and oxygen atoms in total. The van der Waals surface area contributed by atoms with Gasteiger partial charge in [-0.3, -0.25) is 0 Å². The van der Waals surface area contributed by atoms with Crippen molar-refractivity contribution >= 4 is 0 Å². The molecule has 0 radical (unpaired) electrons. The van der Waals surface area contributed by atoms with Gasteiger partial charge in [0.05, 0.1) is 6.61 Å². The Balaban J connectivity index is 1.45. The normalized spacial score (nSPS) is 19.1. The molecule has 3 rings (SSSR count). The summed E-state index contributed by atoms with van der Waals surface area (Å²) in [4.78, 5) is 0. The van der Waals surface area contributed by atoms with E-state index in [1.54, 1.807) is 12.1 Å². The van der Waals surface area contributed by atoms with Gasteiger partial charge in [-0.25, -0.2) is 4.39 Å². The number of rotatable bonds is 10. The summed E-state index contributed by atoms with van der Waals surface area (Å²) in [5, 5.41) is 0. The topological polar surface area (TPSA) is 9.23 Å². The van der Waals surface area contributed by atoms with Gasteiger partial charge in [-0.05, 0) is 86.0 Å². The fourth-order valence-corrected chi connectivity index (χ4v) is 4.51. The Morgan fingerprint density at radius 1 is 0.839 bits per heavy atom. The molecule has 0 bridgehead atoms. The van der Waals surface area contributed by atoms with Crippen LogP contribution in [-0.2, 0) is 12.8 Å². The maximum absolute atomic E-state index is 14.6. The summed E-state index contributed by atoms with van der Waals surface area (Å²) in [7, 11) is 0. The van der Waals surface area contributed by atoms with Gasteiger partial charge in [-0.15, -0.1) is 0 Å². The van der Waals surface area contributed by atoms with Gasteiger partial charge in [-0.1, -0.05) is 62.8 Å². The predicted molar refractivity (Wildman–Crippen MR) is 125 cm³/mol. The summed E-state index contributed by atoms with van der Waals surface area (Å²) >= 11 is 0. The van der Waals surface area contributed by atoms with Gasteiger partial charge < -0.3 is 4.74 Å². The Morgan fingerprint density at radius 2 is 1.52 bits per heavy atom. The summed E-state index contributed by atoms with van der Waals surface area (Å²) < 4.78 is 34.2. The average molecular weight is 427 g/mol. The van der Waals surface area contributed by atoms with Crippen LogP contribution in [0.1, 0.15) is 81.4 Å². The number of hydrogen-bond donors (Lipinski definition) is 0. The molecule has 2 aromatic carbocycles. The first-order valence-electron chi connectivity index (χ1n) is 12.0. The first kappa shape index (κ1) is 23.5. The molecule has 2 aromatic rings. The van der Waals surface area contributed by atoms with E-state index in [0.29, 0.717) is 18.1 Å². The van der Waals surface area contributed by atoms with Crippen LogP contribution in [0.4, 0.5) is 8.78 Å². The zero-order valence-corrected chi connectivity index (χ0v) is 19.0. The van der Waals surface area contributed by atoms with Crippen molar-refractivity contribution in [1.29, 1.82) is 0 Å². The third-order valence-corrected chi connectivity index (χ3v) is 6.32. The molecule has 1 saturated carbocycles. The molecule has 0 aromatic heterocycles. The highest BCUT2D eigenvalue weighted by molar-refractivity contribution is 5.33. The third kappa shape index (κ3) is 6.66. The Hall–Kier alpha value is -2.16. The van der Waals surface area contributed by atoms with Crippen molar-refractivity contribution in [3.05, 3.63) is 76.9 Å². The minimum atomic E-state index is -0.837. The molecule has 3 heteroatoms. The van der Waals surface area contributed by atoms with E-state index in [4.69, 9.17) is 4.74 Å². The first-order valence-corrected chi connectivity index (χ1v) is 12.0. The van der Waals surface area contributed by atoms with Crippen molar-refractivity contribution < 1.29 is 13.5 Å². The van der Waals surface area contributed by atoms with Crippen molar-refractivity contribution in [2.24, 2.45) is 5.92 Å². The van der Waals surface area contributed by atoms with Crippen LogP contribution in [0.5, 0.6) is 5.75 Å². The summed E-state index contributed by atoms with van der Waals surface area (Å²) in [5.74, 6) is -0.891. The molecular formula is C28H36F2O. The van der Waals surface area contributed by atoms with Crippen LogP contribution in [0.25, 0.3) is 0 Å². The molecule has 0 N–H and O–H groups in total. The SMILES string of the molecule is CCCOc1ccc(C2CCC(C=CCCc3ccc(CCC)cc3)CC2)c(F)c1F. The standard InChI is InChI=1S/C28H36F2O/c1-3-7-21-10-12-22(13-11-21)8-5-6-9-23-14-16-24(17-15-23)25-18-19-26(31-20-4-2)28(30)27(25)29/h6,9-13,18-19,23-24H,3-5,7-8,14-17,20H2,1-2H3. The maximum atomic E-state index is 14.6. The molecule has 31 heavy (non-hydrogen) atoms. The van der Waals surface area contributed by atoms with E-state index in [9.17, 15) is 8.78 Å². The quantitative estimate of drug-likeness (QED) is 0.348. The van der Waals surface area contributed by atoms with E-state index in [-0.39, 0.29) is 11.7 Å². The van der Waals surface area contributed by atoms with E-state index in [2.05, 4.69) is 43.3 Å². The van der Waals surface area contributed by atoms with Crippen molar-refractivity contribution in [1.82, 2.24) is 0 Å². The number of allylic oxidation sites excluding steroid dienone is 2. The molecule has 0 aliphatic heterocycles. The van der Waals surface area contributed by atoms with Crippen molar-refractivity contribution in [3.63, 3.8) is 0 Å². The summed E-state index contributed by atoms with van der Waals surface area (Å²) in [6.07, 6.45) is 13.7. The first-order chi connectivity index (χ1) is 15.1. The summed E-state index contributed by atoms with van der Waals surface area (Å²) in [5.41, 5.74) is 3.31. The lowest BCUT2D eigenvalue weighted by Gasteiger charge is -2.27. The zero-order chi connectivity index (χ0) is 22.1. The van der Waals surface area contributed by atoms with Crippen LogP contribution in [-0.4, -0.2) is 6.61 Å². The highest BCUT2D eigenvalue weighted by Crippen LogP contribution is 2.39.